The van der Waals surface area contributed by atoms with Crippen LogP contribution in [0.2, 0.25) is 0 Å². The largest absolute Gasteiger partial charge is 0.507 e. The lowest BCUT2D eigenvalue weighted by molar-refractivity contribution is -0.132. The third-order valence-corrected chi connectivity index (χ3v) is 5.76. The molecule has 2 aromatic carbocycles. The maximum atomic E-state index is 13.3. The van der Waals surface area contributed by atoms with E-state index in [1.54, 1.807) is 37.3 Å². The molecule has 7 nitrogen and oxygen atoms in total. The van der Waals surface area contributed by atoms with Gasteiger partial charge in [-0.3, -0.25) is 14.5 Å². The number of Topliss-reactive ketones (excluding diaryl/α,β-unsaturated/α-hetero) is 1. The monoisotopic (exact) mass is 447 g/mol. The van der Waals surface area contributed by atoms with Crippen LogP contribution in [0.5, 0.6) is 11.5 Å². The number of hydrogen-bond acceptors (Lipinski definition) is 6. The van der Waals surface area contributed by atoms with Gasteiger partial charge in [0.2, 0.25) is 0 Å². The van der Waals surface area contributed by atoms with Crippen LogP contribution in [0.4, 0.5) is 5.69 Å². The summed E-state index contributed by atoms with van der Waals surface area (Å²) in [7, 11) is 2.99. The summed E-state index contributed by atoms with van der Waals surface area (Å²) in [5.41, 5.74) is 2.61. The first kappa shape index (κ1) is 22.2. The molecule has 1 N–H and O–H groups in total. The van der Waals surface area contributed by atoms with Crippen LogP contribution >= 0.6 is 0 Å². The van der Waals surface area contributed by atoms with Crippen molar-refractivity contribution in [1.82, 2.24) is 0 Å². The number of aliphatic hydroxyl groups excluding tert-OH is 1. The second-order valence-corrected chi connectivity index (χ2v) is 7.98. The van der Waals surface area contributed by atoms with Gasteiger partial charge >= 0.3 is 0 Å². The lowest BCUT2D eigenvalue weighted by Crippen LogP contribution is -2.30. The van der Waals surface area contributed by atoms with Gasteiger partial charge in [-0.1, -0.05) is 12.1 Å². The topological polar surface area (TPSA) is 89.2 Å². The Bertz CT molecular complexity index is 1290. The van der Waals surface area contributed by atoms with Gasteiger partial charge in [-0.15, -0.1) is 0 Å². The fourth-order valence-electron chi connectivity index (χ4n) is 4.07. The van der Waals surface area contributed by atoms with Gasteiger partial charge in [0.25, 0.3) is 11.7 Å². The first-order valence-electron chi connectivity index (χ1n) is 10.4. The first-order valence-corrected chi connectivity index (χ1v) is 10.4. The Hall–Kier alpha value is -4.00. The summed E-state index contributed by atoms with van der Waals surface area (Å²) in [6.45, 7) is 5.56. The molecule has 0 bridgehead atoms. The van der Waals surface area contributed by atoms with Gasteiger partial charge in [0.05, 0.1) is 19.8 Å². The molecule has 2 heterocycles. The van der Waals surface area contributed by atoms with E-state index in [0.717, 1.165) is 11.1 Å². The Balaban J connectivity index is 1.96. The van der Waals surface area contributed by atoms with Gasteiger partial charge in [-0.2, -0.15) is 0 Å². The van der Waals surface area contributed by atoms with Gasteiger partial charge in [0.1, 0.15) is 23.3 Å². The minimum Gasteiger partial charge on any atom is -0.507 e. The van der Waals surface area contributed by atoms with Crippen LogP contribution in [0.25, 0.3) is 5.76 Å². The van der Waals surface area contributed by atoms with Crippen molar-refractivity contribution in [2.75, 3.05) is 19.1 Å². The number of furan rings is 1. The lowest BCUT2D eigenvalue weighted by atomic mass is 9.98. The van der Waals surface area contributed by atoms with Gasteiger partial charge in [-0.05, 0) is 68.3 Å². The number of carbonyl (C=O) groups is 2. The van der Waals surface area contributed by atoms with E-state index in [1.807, 2.05) is 32.0 Å². The van der Waals surface area contributed by atoms with Crippen LogP contribution < -0.4 is 14.4 Å². The molecule has 1 atom stereocenters. The summed E-state index contributed by atoms with van der Waals surface area (Å²) in [6.07, 6.45) is 0. The number of amides is 1. The molecule has 1 unspecified atom stereocenters. The molecular formula is C26H25NO6. The second kappa shape index (κ2) is 8.50. The molecule has 3 aromatic rings. The standard InChI is InChI=1S/C26H25NO6/c1-14-6-7-15(2)18(12-14)27-23(20-10-8-16(3)33-20)22(25(29)26(27)30)24(28)17-9-11-19(31-4)21(13-17)32-5/h6-13,23,28H,1-5H3/b24-22-. The molecule has 0 aliphatic carbocycles. The summed E-state index contributed by atoms with van der Waals surface area (Å²) >= 11 is 0. The molecule has 170 valence electrons. The molecule has 4 rings (SSSR count). The number of aryl methyl sites for hydroxylation is 3. The Labute approximate surface area is 191 Å². The van der Waals surface area contributed by atoms with E-state index in [4.69, 9.17) is 13.9 Å². The number of benzene rings is 2. The van der Waals surface area contributed by atoms with Crippen LogP contribution in [-0.4, -0.2) is 31.0 Å². The van der Waals surface area contributed by atoms with Crippen molar-refractivity contribution >= 4 is 23.1 Å². The molecule has 0 saturated carbocycles. The van der Waals surface area contributed by atoms with Crippen molar-refractivity contribution in [3.05, 3.63) is 82.3 Å². The number of ether oxygens (including phenoxy) is 2. The molecule has 0 radical (unpaired) electrons. The highest BCUT2D eigenvalue weighted by Crippen LogP contribution is 2.44. The van der Waals surface area contributed by atoms with E-state index in [9.17, 15) is 14.7 Å². The van der Waals surface area contributed by atoms with Crippen molar-refractivity contribution < 1.29 is 28.6 Å². The van der Waals surface area contributed by atoms with Crippen molar-refractivity contribution in [1.29, 1.82) is 0 Å². The SMILES string of the molecule is COc1ccc(/C(O)=C2/C(=O)C(=O)N(c3cc(C)ccc3C)C2c2ccc(C)o2)cc1OC. The van der Waals surface area contributed by atoms with E-state index < -0.39 is 17.7 Å². The third-order valence-electron chi connectivity index (χ3n) is 5.76. The summed E-state index contributed by atoms with van der Waals surface area (Å²) in [5, 5.41) is 11.3. The smallest absolute Gasteiger partial charge is 0.300 e. The molecule has 1 saturated heterocycles. The van der Waals surface area contributed by atoms with E-state index in [2.05, 4.69) is 0 Å². The molecule has 7 heteroatoms. The predicted octanol–water partition coefficient (Wildman–Crippen LogP) is 4.85. The minimum atomic E-state index is -0.924. The summed E-state index contributed by atoms with van der Waals surface area (Å²) in [6, 6.07) is 13.0. The van der Waals surface area contributed by atoms with Crippen LogP contribution in [0.1, 0.15) is 34.3 Å². The third kappa shape index (κ3) is 3.75. The number of methoxy groups -OCH3 is 2. The maximum absolute atomic E-state index is 13.3. The van der Waals surface area contributed by atoms with Gasteiger partial charge in [0.15, 0.2) is 11.5 Å². The number of hydrogen-bond donors (Lipinski definition) is 1. The quantitative estimate of drug-likeness (QED) is 0.342. The number of nitrogens with zero attached hydrogens (tertiary/aromatic N) is 1. The molecular weight excluding hydrogens is 422 g/mol. The van der Waals surface area contributed by atoms with E-state index in [0.29, 0.717) is 34.3 Å². The number of aliphatic hydroxyl groups is 1. The van der Waals surface area contributed by atoms with Gasteiger partial charge < -0.3 is 19.0 Å². The van der Waals surface area contributed by atoms with Crippen molar-refractivity contribution in [2.45, 2.75) is 26.8 Å². The highest BCUT2D eigenvalue weighted by Gasteiger charge is 2.48. The fraction of sp³-hybridized carbons (Fsp3) is 0.231. The maximum Gasteiger partial charge on any atom is 0.300 e. The molecule has 0 spiro atoms. The van der Waals surface area contributed by atoms with Crippen molar-refractivity contribution in [3.8, 4) is 11.5 Å². The van der Waals surface area contributed by atoms with Crippen LogP contribution in [0.15, 0.2) is 58.5 Å². The fourth-order valence-corrected chi connectivity index (χ4v) is 4.07. The molecule has 1 fully saturated rings. The van der Waals surface area contributed by atoms with Crippen molar-refractivity contribution in [3.63, 3.8) is 0 Å². The number of carbonyl (C=O) groups excluding carboxylic acids is 2. The Kier molecular flexibility index (Phi) is 5.72. The van der Waals surface area contributed by atoms with Gasteiger partial charge in [0, 0.05) is 11.3 Å². The van der Waals surface area contributed by atoms with Crippen LogP contribution in [0, 0.1) is 20.8 Å². The average Bonchev–Trinajstić information content (AvgIpc) is 3.35. The molecule has 33 heavy (non-hydrogen) atoms. The first-order chi connectivity index (χ1) is 15.8. The summed E-state index contributed by atoms with van der Waals surface area (Å²) in [5.74, 6) is 0.0317. The van der Waals surface area contributed by atoms with Gasteiger partial charge in [-0.25, -0.2) is 0 Å². The summed E-state index contributed by atoms with van der Waals surface area (Å²) in [4.78, 5) is 27.9. The molecule has 1 amide bonds. The molecule has 1 aliphatic heterocycles. The van der Waals surface area contributed by atoms with E-state index in [1.165, 1.54) is 19.1 Å². The van der Waals surface area contributed by atoms with Crippen molar-refractivity contribution in [2.24, 2.45) is 0 Å². The Morgan fingerprint density at radius 3 is 2.30 bits per heavy atom. The normalized spacial score (nSPS) is 17.5. The zero-order valence-corrected chi connectivity index (χ0v) is 19.1. The second-order valence-electron chi connectivity index (χ2n) is 7.98. The number of rotatable bonds is 5. The average molecular weight is 447 g/mol. The molecule has 1 aliphatic rings. The Morgan fingerprint density at radius 1 is 0.939 bits per heavy atom. The van der Waals surface area contributed by atoms with E-state index in [-0.39, 0.29) is 11.3 Å². The highest BCUT2D eigenvalue weighted by molar-refractivity contribution is 6.51. The number of anilines is 1. The minimum absolute atomic E-state index is 0.0533. The Morgan fingerprint density at radius 2 is 1.67 bits per heavy atom. The molecule has 1 aromatic heterocycles. The number of ketones is 1. The lowest BCUT2D eigenvalue weighted by Gasteiger charge is -2.25. The van der Waals surface area contributed by atoms with E-state index >= 15 is 0 Å². The van der Waals surface area contributed by atoms with Crippen LogP contribution in [-0.2, 0) is 9.59 Å². The predicted molar refractivity (Wildman–Crippen MR) is 124 cm³/mol. The zero-order chi connectivity index (χ0) is 23.9. The highest BCUT2D eigenvalue weighted by atomic mass is 16.5. The van der Waals surface area contributed by atoms with Crippen LogP contribution in [0.3, 0.4) is 0 Å². The summed E-state index contributed by atoms with van der Waals surface area (Å²) < 4.78 is 16.4. The zero-order valence-electron chi connectivity index (χ0n) is 19.1.